The summed E-state index contributed by atoms with van der Waals surface area (Å²) in [6, 6.07) is 14.1. The molecule has 0 aliphatic carbocycles. The fourth-order valence-electron chi connectivity index (χ4n) is 4.15. The average molecular weight is 446 g/mol. The van der Waals surface area contributed by atoms with Gasteiger partial charge in [0.25, 0.3) is 0 Å². The van der Waals surface area contributed by atoms with E-state index in [1.54, 1.807) is 41.2 Å². The molecular weight excluding hydrogens is 426 g/mol. The predicted molar refractivity (Wildman–Crippen MR) is 122 cm³/mol. The summed E-state index contributed by atoms with van der Waals surface area (Å²) in [7, 11) is 1.52. The highest BCUT2D eigenvalue weighted by Gasteiger charge is 2.22. The van der Waals surface area contributed by atoms with Gasteiger partial charge in [0.05, 0.1) is 24.4 Å². The van der Waals surface area contributed by atoms with Gasteiger partial charge in [-0.05, 0) is 53.4 Å². The summed E-state index contributed by atoms with van der Waals surface area (Å²) >= 11 is 0. The van der Waals surface area contributed by atoms with Gasteiger partial charge in [-0.15, -0.1) is 0 Å². The minimum absolute atomic E-state index is 0.135. The molecule has 33 heavy (non-hydrogen) atoms. The van der Waals surface area contributed by atoms with Crippen molar-refractivity contribution in [3.8, 4) is 17.4 Å². The molecule has 5 aromatic rings. The Balaban J connectivity index is 1.62. The number of aromatic nitrogens is 2. The Kier molecular flexibility index (Phi) is 5.09. The maximum Gasteiger partial charge on any atom is 0.203 e. The molecule has 0 saturated carbocycles. The van der Waals surface area contributed by atoms with Crippen LogP contribution < -0.4 is 4.74 Å². The number of phenols is 1. The second-order valence-corrected chi connectivity index (χ2v) is 7.92. The van der Waals surface area contributed by atoms with Gasteiger partial charge < -0.3 is 19.5 Å². The highest BCUT2D eigenvalue weighted by atomic mass is 19.1. The van der Waals surface area contributed by atoms with Crippen molar-refractivity contribution in [1.29, 1.82) is 0 Å². The minimum Gasteiger partial charge on any atom is -0.505 e. The first-order chi connectivity index (χ1) is 15.9. The van der Waals surface area contributed by atoms with Crippen LogP contribution in [0.25, 0.3) is 21.7 Å². The molecule has 2 heterocycles. The number of methoxy groups -OCH3 is 1. The van der Waals surface area contributed by atoms with Crippen molar-refractivity contribution < 1.29 is 23.7 Å². The molecule has 3 aromatic carbocycles. The Morgan fingerprint density at radius 2 is 1.52 bits per heavy atom. The molecule has 0 unspecified atom stereocenters. The summed E-state index contributed by atoms with van der Waals surface area (Å²) < 4.78 is 33.7. The van der Waals surface area contributed by atoms with E-state index in [2.05, 4.69) is 4.98 Å². The summed E-state index contributed by atoms with van der Waals surface area (Å²) in [5.41, 5.74) is 2.87. The number of benzene rings is 3. The third kappa shape index (κ3) is 3.71. The van der Waals surface area contributed by atoms with Gasteiger partial charge in [0.15, 0.2) is 5.75 Å². The number of ether oxygens (including phenoxy) is 1. The molecule has 166 valence electrons. The number of halogens is 2. The minimum atomic E-state index is -0.339. The topological polar surface area (TPSA) is 67.5 Å². The number of fused-ring (bicyclic) bond motifs is 2. The fourth-order valence-corrected chi connectivity index (χ4v) is 4.15. The van der Waals surface area contributed by atoms with Crippen LogP contribution in [0.1, 0.15) is 16.7 Å². The maximum atomic E-state index is 13.2. The first-order valence-corrected chi connectivity index (χ1v) is 10.3. The molecule has 0 saturated heterocycles. The van der Waals surface area contributed by atoms with Crippen LogP contribution in [0.4, 0.5) is 8.78 Å². The smallest absolute Gasteiger partial charge is 0.203 e. The second kappa shape index (κ2) is 8.09. The van der Waals surface area contributed by atoms with E-state index in [1.165, 1.54) is 31.4 Å². The third-order valence-electron chi connectivity index (χ3n) is 5.74. The number of aromatic hydroxyl groups is 2. The van der Waals surface area contributed by atoms with Crippen molar-refractivity contribution in [1.82, 2.24) is 9.55 Å². The number of rotatable bonds is 5. The summed E-state index contributed by atoms with van der Waals surface area (Å²) in [5, 5.41) is 23.2. The zero-order valence-electron chi connectivity index (χ0n) is 17.7. The van der Waals surface area contributed by atoms with Crippen LogP contribution in [0.15, 0.2) is 67.0 Å². The van der Waals surface area contributed by atoms with Crippen LogP contribution in [0.3, 0.4) is 0 Å². The molecule has 0 aliphatic rings. The second-order valence-electron chi connectivity index (χ2n) is 7.92. The van der Waals surface area contributed by atoms with Crippen molar-refractivity contribution in [2.45, 2.75) is 13.0 Å². The fraction of sp³-hybridized carbons (Fsp3) is 0.115. The van der Waals surface area contributed by atoms with Gasteiger partial charge in [0.1, 0.15) is 22.9 Å². The predicted octanol–water partition coefficient (Wildman–Crippen LogP) is 5.53. The lowest BCUT2D eigenvalue weighted by Crippen LogP contribution is -1.97. The molecule has 0 amide bonds. The van der Waals surface area contributed by atoms with Gasteiger partial charge >= 0.3 is 0 Å². The zero-order chi connectivity index (χ0) is 23.1. The van der Waals surface area contributed by atoms with Crippen molar-refractivity contribution in [2.75, 3.05) is 7.11 Å². The van der Waals surface area contributed by atoms with Gasteiger partial charge in [-0.2, -0.15) is 0 Å². The van der Waals surface area contributed by atoms with Gasteiger partial charge in [-0.25, -0.2) is 8.78 Å². The van der Waals surface area contributed by atoms with E-state index in [0.29, 0.717) is 28.5 Å². The highest BCUT2D eigenvalue weighted by Crippen LogP contribution is 2.46. The van der Waals surface area contributed by atoms with E-state index >= 15 is 0 Å². The van der Waals surface area contributed by atoms with Crippen LogP contribution in [0.5, 0.6) is 17.4 Å². The van der Waals surface area contributed by atoms with Gasteiger partial charge in [0, 0.05) is 17.8 Å². The summed E-state index contributed by atoms with van der Waals surface area (Å²) in [6.07, 6.45) is 3.86. The molecule has 0 bridgehead atoms. The Labute approximate surface area is 188 Å². The van der Waals surface area contributed by atoms with E-state index in [9.17, 15) is 19.0 Å². The van der Waals surface area contributed by atoms with E-state index in [1.807, 2.05) is 6.07 Å². The number of pyridine rings is 1. The highest BCUT2D eigenvalue weighted by molar-refractivity contribution is 6.11. The zero-order valence-corrected chi connectivity index (χ0v) is 17.7. The first-order valence-electron chi connectivity index (χ1n) is 10.3. The van der Waals surface area contributed by atoms with Gasteiger partial charge in [0.2, 0.25) is 5.88 Å². The standard InChI is InChI=1S/C26H20F2N2O3/c1-33-25-20-11-17(10-15-2-6-18(27)7-3-15)12-29-23(20)24(31)22-21(25)14-30(26(22)32)13-16-4-8-19(28)9-5-16/h2-9,11-12,14,31-32H,10,13H2,1H3. The van der Waals surface area contributed by atoms with Gasteiger partial charge in [-0.1, -0.05) is 24.3 Å². The molecule has 7 heteroatoms. The van der Waals surface area contributed by atoms with Crippen molar-refractivity contribution in [3.63, 3.8) is 0 Å². The lowest BCUT2D eigenvalue weighted by atomic mass is 10.0. The summed E-state index contributed by atoms with van der Waals surface area (Å²) in [4.78, 5) is 4.43. The summed E-state index contributed by atoms with van der Waals surface area (Å²) in [6.45, 7) is 0.281. The number of nitrogens with zero attached hydrogens (tertiary/aromatic N) is 2. The third-order valence-corrected chi connectivity index (χ3v) is 5.74. The van der Waals surface area contributed by atoms with Crippen molar-refractivity contribution in [3.05, 3.63) is 95.3 Å². The average Bonchev–Trinajstić information content (AvgIpc) is 3.13. The van der Waals surface area contributed by atoms with E-state index < -0.39 is 0 Å². The molecule has 2 aromatic heterocycles. The molecule has 5 rings (SSSR count). The quantitative estimate of drug-likeness (QED) is 0.373. The Bertz CT molecular complexity index is 1480. The van der Waals surface area contributed by atoms with Crippen molar-refractivity contribution >= 4 is 21.7 Å². The van der Waals surface area contributed by atoms with E-state index in [-0.39, 0.29) is 35.2 Å². The lowest BCUT2D eigenvalue weighted by Gasteiger charge is -2.11. The molecule has 0 fully saturated rings. The van der Waals surface area contributed by atoms with Crippen LogP contribution in [-0.4, -0.2) is 26.9 Å². The molecule has 0 aliphatic heterocycles. The van der Waals surface area contributed by atoms with Crippen LogP contribution >= 0.6 is 0 Å². The van der Waals surface area contributed by atoms with E-state index in [4.69, 9.17) is 4.74 Å². The Hall–Kier alpha value is -4.13. The Morgan fingerprint density at radius 3 is 2.15 bits per heavy atom. The normalized spacial score (nSPS) is 11.4. The molecule has 5 nitrogen and oxygen atoms in total. The SMILES string of the molecule is COc1c2cc(Cc3ccc(F)cc3)cnc2c(O)c2c(O)n(Cc3ccc(F)cc3)cc12. The number of hydrogen-bond donors (Lipinski definition) is 2. The van der Waals surface area contributed by atoms with Crippen LogP contribution in [0.2, 0.25) is 0 Å². The Morgan fingerprint density at radius 1 is 0.879 bits per heavy atom. The maximum absolute atomic E-state index is 13.2. The number of hydrogen-bond acceptors (Lipinski definition) is 4. The van der Waals surface area contributed by atoms with E-state index in [0.717, 1.165) is 16.7 Å². The van der Waals surface area contributed by atoms with Crippen LogP contribution in [0, 0.1) is 11.6 Å². The molecule has 2 N–H and O–H groups in total. The lowest BCUT2D eigenvalue weighted by molar-refractivity contribution is 0.422. The monoisotopic (exact) mass is 446 g/mol. The molecule has 0 radical (unpaired) electrons. The van der Waals surface area contributed by atoms with Crippen LogP contribution in [-0.2, 0) is 13.0 Å². The molecule has 0 atom stereocenters. The summed E-state index contributed by atoms with van der Waals surface area (Å²) in [5.74, 6) is -0.448. The van der Waals surface area contributed by atoms with Crippen molar-refractivity contribution in [2.24, 2.45) is 0 Å². The largest absolute Gasteiger partial charge is 0.505 e. The molecule has 0 spiro atoms. The molecular formula is C26H20F2N2O3. The first kappa shape index (κ1) is 20.8. The number of phenolic OH excluding ortho intramolecular Hbond substituents is 1. The van der Waals surface area contributed by atoms with Gasteiger partial charge in [-0.3, -0.25) is 4.98 Å².